The number of pyridine rings is 1. The number of hydrogen-bond donors (Lipinski definition) is 2. The first-order valence-electron chi connectivity index (χ1n) is 6.08. The molecule has 4 heteroatoms. The van der Waals surface area contributed by atoms with Crippen LogP contribution in [-0.2, 0) is 4.79 Å². The number of aromatic nitrogens is 1. The van der Waals surface area contributed by atoms with Gasteiger partial charge >= 0.3 is 0 Å². The summed E-state index contributed by atoms with van der Waals surface area (Å²) in [5.74, 6) is 0.542. The lowest BCUT2D eigenvalue weighted by Crippen LogP contribution is -2.47. The van der Waals surface area contributed by atoms with Crippen LogP contribution in [-0.4, -0.2) is 30.5 Å². The second kappa shape index (κ2) is 5.27. The first-order valence-corrected chi connectivity index (χ1v) is 6.08. The van der Waals surface area contributed by atoms with Gasteiger partial charge in [-0.15, -0.1) is 0 Å². The van der Waals surface area contributed by atoms with Gasteiger partial charge in [0.1, 0.15) is 0 Å². The summed E-state index contributed by atoms with van der Waals surface area (Å²) in [5, 5.41) is 5.96. The van der Waals surface area contributed by atoms with Crippen LogP contribution in [0.25, 0.3) is 0 Å². The van der Waals surface area contributed by atoms with Crippen LogP contribution >= 0.6 is 0 Å². The van der Waals surface area contributed by atoms with Gasteiger partial charge in [-0.25, -0.2) is 0 Å². The lowest BCUT2D eigenvalue weighted by molar-refractivity contribution is -0.123. The van der Waals surface area contributed by atoms with E-state index in [1.165, 1.54) is 5.56 Å². The van der Waals surface area contributed by atoms with Crippen molar-refractivity contribution in [2.75, 3.05) is 13.6 Å². The summed E-state index contributed by atoms with van der Waals surface area (Å²) in [6, 6.07) is 4.12. The van der Waals surface area contributed by atoms with E-state index >= 15 is 0 Å². The van der Waals surface area contributed by atoms with E-state index in [4.69, 9.17) is 0 Å². The lowest BCUT2D eigenvalue weighted by Gasteiger charge is -2.29. The quantitative estimate of drug-likeness (QED) is 0.800. The van der Waals surface area contributed by atoms with Crippen molar-refractivity contribution in [1.29, 1.82) is 0 Å². The summed E-state index contributed by atoms with van der Waals surface area (Å²) in [6.07, 6.45) is 3.79. The Balaban J connectivity index is 2.09. The molecule has 1 aliphatic rings. The molecule has 0 radical (unpaired) electrons. The van der Waals surface area contributed by atoms with Gasteiger partial charge in [0.05, 0.1) is 6.04 Å². The molecule has 2 N–H and O–H groups in total. The number of aryl methyl sites for hydroxylation is 1. The third-order valence-electron chi connectivity index (χ3n) is 3.36. The maximum Gasteiger partial charge on any atom is 0.236 e. The molecule has 17 heavy (non-hydrogen) atoms. The van der Waals surface area contributed by atoms with Gasteiger partial charge in [-0.1, -0.05) is 0 Å². The number of nitrogens with one attached hydrogen (secondary N) is 2. The van der Waals surface area contributed by atoms with Crippen LogP contribution in [0.5, 0.6) is 0 Å². The average molecular weight is 233 g/mol. The van der Waals surface area contributed by atoms with Crippen molar-refractivity contribution in [2.24, 2.45) is 0 Å². The van der Waals surface area contributed by atoms with Crippen LogP contribution < -0.4 is 10.6 Å². The fraction of sp³-hybridized carbons (Fsp3) is 0.538. The maximum atomic E-state index is 11.6. The summed E-state index contributed by atoms with van der Waals surface area (Å²) in [4.78, 5) is 15.8. The SMILES string of the molecule is CNC(=O)C1CC(c2ccnc(C)c2)CCN1. The van der Waals surface area contributed by atoms with Crippen LogP contribution in [0, 0.1) is 6.92 Å². The van der Waals surface area contributed by atoms with Crippen LogP contribution in [0.1, 0.15) is 30.0 Å². The molecule has 1 aliphatic heterocycles. The smallest absolute Gasteiger partial charge is 0.236 e. The second-order valence-electron chi connectivity index (χ2n) is 4.57. The molecule has 1 fully saturated rings. The van der Waals surface area contributed by atoms with Crippen LogP contribution in [0.2, 0.25) is 0 Å². The van der Waals surface area contributed by atoms with Crippen molar-refractivity contribution < 1.29 is 4.79 Å². The Hall–Kier alpha value is -1.42. The molecule has 2 atom stereocenters. The highest BCUT2D eigenvalue weighted by Gasteiger charge is 2.26. The van der Waals surface area contributed by atoms with Crippen LogP contribution in [0.15, 0.2) is 18.3 Å². The number of hydrogen-bond acceptors (Lipinski definition) is 3. The van der Waals surface area contributed by atoms with Gasteiger partial charge in [-0.05, 0) is 49.9 Å². The van der Waals surface area contributed by atoms with Crippen molar-refractivity contribution in [2.45, 2.75) is 31.7 Å². The topological polar surface area (TPSA) is 54.0 Å². The molecule has 1 amide bonds. The zero-order valence-corrected chi connectivity index (χ0v) is 10.4. The van der Waals surface area contributed by atoms with E-state index in [2.05, 4.69) is 27.8 Å². The second-order valence-corrected chi connectivity index (χ2v) is 4.57. The first kappa shape index (κ1) is 12.0. The Labute approximate surface area is 102 Å². The first-order chi connectivity index (χ1) is 8.20. The van der Waals surface area contributed by atoms with E-state index in [0.717, 1.165) is 25.1 Å². The Morgan fingerprint density at radius 3 is 3.12 bits per heavy atom. The fourth-order valence-corrected chi connectivity index (χ4v) is 2.42. The van der Waals surface area contributed by atoms with E-state index < -0.39 is 0 Å². The highest BCUT2D eigenvalue weighted by Crippen LogP contribution is 2.27. The largest absolute Gasteiger partial charge is 0.358 e. The number of likely N-dealkylation sites (N-methyl/N-ethyl adjacent to an activating group) is 1. The van der Waals surface area contributed by atoms with Crippen molar-refractivity contribution in [1.82, 2.24) is 15.6 Å². The van der Waals surface area contributed by atoms with Crippen molar-refractivity contribution >= 4 is 5.91 Å². The predicted molar refractivity (Wildman–Crippen MR) is 66.8 cm³/mol. The zero-order valence-electron chi connectivity index (χ0n) is 10.4. The Morgan fingerprint density at radius 1 is 1.59 bits per heavy atom. The molecule has 0 saturated carbocycles. The number of piperidine rings is 1. The van der Waals surface area contributed by atoms with E-state index in [1.54, 1.807) is 7.05 Å². The van der Waals surface area contributed by atoms with E-state index in [-0.39, 0.29) is 11.9 Å². The number of rotatable bonds is 2. The maximum absolute atomic E-state index is 11.6. The standard InChI is InChI=1S/C13H19N3O/c1-9-7-10(3-5-15-9)11-4-6-16-12(8-11)13(17)14-2/h3,5,7,11-12,16H,4,6,8H2,1-2H3,(H,14,17). The minimum Gasteiger partial charge on any atom is -0.358 e. The van der Waals surface area contributed by atoms with E-state index in [1.807, 2.05) is 13.1 Å². The molecular formula is C13H19N3O. The Morgan fingerprint density at radius 2 is 2.41 bits per heavy atom. The van der Waals surface area contributed by atoms with E-state index in [0.29, 0.717) is 5.92 Å². The van der Waals surface area contributed by atoms with Crippen molar-refractivity contribution in [3.63, 3.8) is 0 Å². The predicted octanol–water partition coefficient (Wildman–Crippen LogP) is 0.972. The van der Waals surface area contributed by atoms with Gasteiger partial charge in [-0.2, -0.15) is 0 Å². The summed E-state index contributed by atoms with van der Waals surface area (Å²) < 4.78 is 0. The zero-order chi connectivity index (χ0) is 12.3. The minimum atomic E-state index is -0.0628. The number of nitrogens with zero attached hydrogens (tertiary/aromatic N) is 1. The highest BCUT2D eigenvalue weighted by atomic mass is 16.2. The van der Waals surface area contributed by atoms with Crippen LogP contribution in [0.4, 0.5) is 0 Å². The summed E-state index contributed by atoms with van der Waals surface area (Å²) >= 11 is 0. The molecule has 92 valence electrons. The number of carbonyl (C=O) groups excluding carboxylic acids is 1. The molecule has 2 heterocycles. The number of amides is 1. The molecule has 0 aromatic carbocycles. The fourth-order valence-electron chi connectivity index (χ4n) is 2.42. The molecule has 0 bridgehead atoms. The van der Waals surface area contributed by atoms with Gasteiger partial charge in [-0.3, -0.25) is 9.78 Å². The number of carbonyl (C=O) groups is 1. The molecule has 1 saturated heterocycles. The molecule has 2 rings (SSSR count). The van der Waals surface area contributed by atoms with Gasteiger partial charge in [0.2, 0.25) is 5.91 Å². The lowest BCUT2D eigenvalue weighted by atomic mass is 9.86. The highest BCUT2D eigenvalue weighted by molar-refractivity contribution is 5.81. The Bertz CT molecular complexity index is 405. The average Bonchev–Trinajstić information content (AvgIpc) is 2.38. The third kappa shape index (κ3) is 2.82. The van der Waals surface area contributed by atoms with Crippen molar-refractivity contribution in [3.05, 3.63) is 29.6 Å². The van der Waals surface area contributed by atoms with Gasteiger partial charge < -0.3 is 10.6 Å². The normalized spacial score (nSPS) is 24.4. The van der Waals surface area contributed by atoms with Crippen molar-refractivity contribution in [3.8, 4) is 0 Å². The van der Waals surface area contributed by atoms with Crippen LogP contribution in [0.3, 0.4) is 0 Å². The molecule has 2 unspecified atom stereocenters. The van der Waals surface area contributed by atoms with Gasteiger partial charge in [0.15, 0.2) is 0 Å². The van der Waals surface area contributed by atoms with Gasteiger partial charge in [0, 0.05) is 18.9 Å². The Kier molecular flexibility index (Phi) is 3.74. The molecular weight excluding hydrogens is 214 g/mol. The molecule has 4 nitrogen and oxygen atoms in total. The molecule has 0 aliphatic carbocycles. The molecule has 1 aromatic heterocycles. The minimum absolute atomic E-state index is 0.0628. The summed E-state index contributed by atoms with van der Waals surface area (Å²) in [6.45, 7) is 2.89. The third-order valence-corrected chi connectivity index (χ3v) is 3.36. The monoisotopic (exact) mass is 233 g/mol. The van der Waals surface area contributed by atoms with Gasteiger partial charge in [0.25, 0.3) is 0 Å². The molecule has 1 aromatic rings. The molecule has 0 spiro atoms. The van der Waals surface area contributed by atoms with E-state index in [9.17, 15) is 4.79 Å². The summed E-state index contributed by atoms with van der Waals surface area (Å²) in [5.41, 5.74) is 2.34. The summed E-state index contributed by atoms with van der Waals surface area (Å²) in [7, 11) is 1.68.